The van der Waals surface area contributed by atoms with E-state index in [9.17, 15) is 0 Å². The van der Waals surface area contributed by atoms with Gasteiger partial charge in [-0.15, -0.1) is 11.3 Å². The molecule has 0 aliphatic heterocycles. The van der Waals surface area contributed by atoms with Gasteiger partial charge in [-0.1, -0.05) is 13.3 Å². The Morgan fingerprint density at radius 2 is 2.25 bits per heavy atom. The third kappa shape index (κ3) is 3.13. The van der Waals surface area contributed by atoms with Crippen LogP contribution in [0.3, 0.4) is 0 Å². The number of fused-ring (bicyclic) bond motifs is 1. The van der Waals surface area contributed by atoms with E-state index in [4.69, 9.17) is 0 Å². The second-order valence-corrected chi connectivity index (χ2v) is 6.68. The maximum absolute atomic E-state index is 4.37. The predicted octanol–water partition coefficient (Wildman–Crippen LogP) is 3.63. The lowest BCUT2D eigenvalue weighted by Crippen LogP contribution is -2.22. The van der Waals surface area contributed by atoms with Gasteiger partial charge >= 0.3 is 0 Å². The molecule has 1 atom stereocenters. The van der Waals surface area contributed by atoms with E-state index in [2.05, 4.69) is 28.3 Å². The van der Waals surface area contributed by atoms with Crippen LogP contribution in [0.1, 0.15) is 53.4 Å². The molecule has 2 N–H and O–H groups in total. The summed E-state index contributed by atoms with van der Waals surface area (Å²) in [6.07, 6.45) is 11.3. The summed E-state index contributed by atoms with van der Waals surface area (Å²) in [7, 11) is 0. The van der Waals surface area contributed by atoms with E-state index in [1.165, 1.54) is 37.0 Å². The molecule has 20 heavy (non-hydrogen) atoms. The van der Waals surface area contributed by atoms with Gasteiger partial charge < -0.3 is 10.3 Å². The van der Waals surface area contributed by atoms with Crippen LogP contribution in [0, 0.1) is 0 Å². The number of hydrogen-bond acceptors (Lipinski definition) is 3. The van der Waals surface area contributed by atoms with Crippen molar-refractivity contribution in [2.45, 2.75) is 51.5 Å². The zero-order chi connectivity index (χ0) is 13.8. The molecule has 2 aromatic rings. The van der Waals surface area contributed by atoms with Crippen molar-refractivity contribution in [3.8, 4) is 0 Å². The number of H-pyrrole nitrogens is 1. The molecule has 0 spiro atoms. The Kier molecular flexibility index (Phi) is 4.53. The molecule has 0 radical (unpaired) electrons. The summed E-state index contributed by atoms with van der Waals surface area (Å²) in [6, 6.07) is 2.84. The third-order valence-electron chi connectivity index (χ3n) is 4.01. The van der Waals surface area contributed by atoms with E-state index in [1.807, 2.05) is 23.7 Å². The number of aromatic nitrogens is 2. The summed E-state index contributed by atoms with van der Waals surface area (Å²) < 4.78 is 0. The number of nitrogens with zero attached hydrogens (tertiary/aromatic N) is 1. The normalized spacial score (nSPS) is 16.6. The second kappa shape index (κ2) is 6.55. The van der Waals surface area contributed by atoms with Gasteiger partial charge in [0.05, 0.1) is 0 Å². The van der Waals surface area contributed by atoms with Gasteiger partial charge in [-0.25, -0.2) is 4.98 Å². The molecule has 3 rings (SSSR count). The Morgan fingerprint density at radius 1 is 1.35 bits per heavy atom. The molecule has 2 heterocycles. The average molecular weight is 289 g/mol. The van der Waals surface area contributed by atoms with Crippen molar-refractivity contribution in [1.29, 1.82) is 0 Å². The summed E-state index contributed by atoms with van der Waals surface area (Å²) in [6.45, 7) is 3.17. The topological polar surface area (TPSA) is 40.7 Å². The van der Waals surface area contributed by atoms with Gasteiger partial charge in [0.25, 0.3) is 0 Å². The van der Waals surface area contributed by atoms with E-state index in [0.29, 0.717) is 6.04 Å². The van der Waals surface area contributed by atoms with Crippen molar-refractivity contribution < 1.29 is 0 Å². The van der Waals surface area contributed by atoms with Gasteiger partial charge in [0.15, 0.2) is 0 Å². The maximum atomic E-state index is 4.37. The van der Waals surface area contributed by atoms with E-state index >= 15 is 0 Å². The maximum Gasteiger partial charge on any atom is 0.107 e. The first-order valence-corrected chi connectivity index (χ1v) is 8.51. The minimum absolute atomic E-state index is 0.392. The zero-order valence-electron chi connectivity index (χ0n) is 12.1. The minimum Gasteiger partial charge on any atom is -0.349 e. The first kappa shape index (κ1) is 13.8. The Balaban J connectivity index is 1.80. The number of hydrogen-bond donors (Lipinski definition) is 2. The number of aryl methyl sites for hydroxylation is 2. The highest BCUT2D eigenvalue weighted by molar-refractivity contribution is 7.12. The molecule has 1 unspecified atom stereocenters. The van der Waals surface area contributed by atoms with E-state index in [0.717, 1.165) is 18.8 Å². The monoisotopic (exact) mass is 289 g/mol. The first-order chi connectivity index (χ1) is 9.86. The summed E-state index contributed by atoms with van der Waals surface area (Å²) in [5.74, 6) is 1.07. The van der Waals surface area contributed by atoms with E-state index in [-0.39, 0.29) is 0 Å². The lowest BCUT2D eigenvalue weighted by Gasteiger charge is -2.15. The van der Waals surface area contributed by atoms with Crippen molar-refractivity contribution in [2.75, 3.05) is 6.54 Å². The molecule has 0 amide bonds. The van der Waals surface area contributed by atoms with Gasteiger partial charge in [0, 0.05) is 34.6 Å². The van der Waals surface area contributed by atoms with Gasteiger partial charge in [-0.3, -0.25) is 0 Å². The Bertz CT molecular complexity index is 506. The molecule has 0 aromatic carbocycles. The van der Waals surface area contributed by atoms with Crippen LogP contribution in [0.15, 0.2) is 18.5 Å². The molecule has 0 saturated heterocycles. The fourth-order valence-electron chi connectivity index (χ4n) is 2.98. The number of aromatic amines is 1. The lowest BCUT2D eigenvalue weighted by molar-refractivity contribution is 0.547. The van der Waals surface area contributed by atoms with Crippen molar-refractivity contribution in [3.63, 3.8) is 0 Å². The number of likely N-dealkylation sites (N-methyl/N-ethyl adjacent to an activating group) is 1. The van der Waals surface area contributed by atoms with Crippen molar-refractivity contribution in [2.24, 2.45) is 0 Å². The summed E-state index contributed by atoms with van der Waals surface area (Å²) >= 11 is 2.01. The zero-order valence-corrected chi connectivity index (χ0v) is 12.9. The molecular weight excluding hydrogens is 266 g/mol. The Hall–Kier alpha value is -1.13. The van der Waals surface area contributed by atoms with Crippen molar-refractivity contribution in [1.82, 2.24) is 15.3 Å². The van der Waals surface area contributed by atoms with E-state index in [1.54, 1.807) is 10.4 Å². The summed E-state index contributed by atoms with van der Waals surface area (Å²) in [5, 5.41) is 3.61. The fraction of sp³-hybridized carbons (Fsp3) is 0.562. The highest BCUT2D eigenvalue weighted by atomic mass is 32.1. The average Bonchev–Trinajstić information content (AvgIpc) is 3.04. The molecule has 3 nitrogen and oxygen atoms in total. The van der Waals surface area contributed by atoms with Crippen molar-refractivity contribution in [3.05, 3.63) is 39.6 Å². The van der Waals surface area contributed by atoms with Gasteiger partial charge in [-0.05, 0) is 43.9 Å². The Morgan fingerprint density at radius 3 is 3.05 bits per heavy atom. The van der Waals surface area contributed by atoms with Crippen LogP contribution < -0.4 is 5.32 Å². The number of thiophene rings is 1. The lowest BCUT2D eigenvalue weighted by atomic mass is 10.1. The number of imidazole rings is 1. The molecule has 0 bridgehead atoms. The number of nitrogens with one attached hydrogen (secondary N) is 2. The molecule has 0 fully saturated rings. The fourth-order valence-corrected chi connectivity index (χ4v) is 4.32. The van der Waals surface area contributed by atoms with Crippen LogP contribution in [0.2, 0.25) is 0 Å². The summed E-state index contributed by atoms with van der Waals surface area (Å²) in [5.41, 5.74) is 1.60. The van der Waals surface area contributed by atoms with Crippen LogP contribution in [-0.4, -0.2) is 16.5 Å². The molecule has 1 aliphatic carbocycles. The van der Waals surface area contributed by atoms with Crippen LogP contribution in [0.5, 0.6) is 0 Å². The third-order valence-corrected chi connectivity index (χ3v) is 5.36. The van der Waals surface area contributed by atoms with Gasteiger partial charge in [0.1, 0.15) is 5.82 Å². The quantitative estimate of drug-likeness (QED) is 0.825. The van der Waals surface area contributed by atoms with Gasteiger partial charge in [0.2, 0.25) is 0 Å². The predicted molar refractivity (Wildman–Crippen MR) is 84.3 cm³/mol. The summed E-state index contributed by atoms with van der Waals surface area (Å²) in [4.78, 5) is 10.7. The SMILES string of the molecule is CCNC(Cc1ncc[nH]1)c1cc2c(s1)CCCCC2. The highest BCUT2D eigenvalue weighted by Crippen LogP contribution is 2.33. The first-order valence-electron chi connectivity index (χ1n) is 7.70. The molecular formula is C16H23N3S. The van der Waals surface area contributed by atoms with Crippen LogP contribution >= 0.6 is 11.3 Å². The standard InChI is InChI=1S/C16H23N3S/c1-2-17-13(11-16-18-8-9-19-16)15-10-12-6-4-3-5-7-14(12)20-15/h8-10,13,17H,2-7,11H2,1H3,(H,18,19). The molecule has 108 valence electrons. The van der Waals surface area contributed by atoms with Gasteiger partial charge in [-0.2, -0.15) is 0 Å². The molecule has 1 aliphatic rings. The largest absolute Gasteiger partial charge is 0.349 e. The van der Waals surface area contributed by atoms with Crippen LogP contribution in [0.25, 0.3) is 0 Å². The van der Waals surface area contributed by atoms with Crippen LogP contribution in [0.4, 0.5) is 0 Å². The number of rotatable bonds is 5. The van der Waals surface area contributed by atoms with Crippen molar-refractivity contribution >= 4 is 11.3 Å². The second-order valence-electron chi connectivity index (χ2n) is 5.51. The highest BCUT2D eigenvalue weighted by Gasteiger charge is 2.19. The minimum atomic E-state index is 0.392. The molecule has 2 aromatic heterocycles. The Labute approximate surface area is 124 Å². The van der Waals surface area contributed by atoms with E-state index < -0.39 is 0 Å². The van der Waals surface area contributed by atoms with Crippen LogP contribution in [-0.2, 0) is 19.3 Å². The smallest absolute Gasteiger partial charge is 0.107 e. The molecule has 4 heteroatoms. The molecule has 0 saturated carbocycles.